The summed E-state index contributed by atoms with van der Waals surface area (Å²) in [6.45, 7) is 0.790. The molecule has 1 fully saturated rings. The average Bonchev–Trinajstić information content (AvgIpc) is 2.75. The number of hydrogen-bond donors (Lipinski definition) is 1. The van der Waals surface area contributed by atoms with E-state index < -0.39 is 0 Å². The molecule has 100 valence electrons. The Bertz CT molecular complexity index is 405. The monoisotopic (exact) mass is 269 g/mol. The van der Waals surface area contributed by atoms with Crippen LogP contribution in [0.5, 0.6) is 5.75 Å². The summed E-state index contributed by atoms with van der Waals surface area (Å²) in [5.41, 5.74) is 0. The number of carbonyl (C=O) groups is 1. The number of hydrogen-bond acceptors (Lipinski definition) is 4. The van der Waals surface area contributed by atoms with E-state index in [0.29, 0.717) is 4.88 Å². The second kappa shape index (κ2) is 6.20. The maximum absolute atomic E-state index is 12.4. The van der Waals surface area contributed by atoms with E-state index >= 15 is 0 Å². The van der Waals surface area contributed by atoms with Crippen LogP contribution in [0.15, 0.2) is 11.4 Å². The molecule has 1 saturated heterocycles. The Kier molecular flexibility index (Phi) is 4.60. The quantitative estimate of drug-likeness (QED) is 0.914. The molecule has 0 bridgehead atoms. The first-order valence-corrected chi connectivity index (χ1v) is 7.18. The summed E-state index contributed by atoms with van der Waals surface area (Å²) in [5.74, 6) is 0.739. The van der Waals surface area contributed by atoms with Crippen molar-refractivity contribution in [2.24, 2.45) is 0 Å². The first-order valence-electron chi connectivity index (χ1n) is 6.30. The lowest BCUT2D eigenvalue weighted by molar-refractivity contribution is 0.0604. The van der Waals surface area contributed by atoms with Crippen molar-refractivity contribution in [2.45, 2.75) is 31.7 Å². The van der Waals surface area contributed by atoms with Crippen LogP contribution in [0, 0.1) is 0 Å². The van der Waals surface area contributed by atoms with Gasteiger partial charge in [0.15, 0.2) is 0 Å². The van der Waals surface area contributed by atoms with Gasteiger partial charge in [-0.3, -0.25) is 4.79 Å². The molecule has 18 heavy (non-hydrogen) atoms. The van der Waals surface area contributed by atoms with Crippen LogP contribution in [0.2, 0.25) is 0 Å². The molecule has 1 atom stereocenters. The van der Waals surface area contributed by atoms with Gasteiger partial charge < -0.3 is 14.7 Å². The van der Waals surface area contributed by atoms with E-state index in [2.05, 4.69) is 0 Å². The third kappa shape index (κ3) is 2.84. The number of aliphatic hydroxyl groups excluding tert-OH is 1. The zero-order chi connectivity index (χ0) is 13.0. The van der Waals surface area contributed by atoms with Crippen molar-refractivity contribution in [3.05, 3.63) is 16.3 Å². The molecular weight excluding hydrogens is 250 g/mol. The van der Waals surface area contributed by atoms with Crippen LogP contribution < -0.4 is 4.74 Å². The van der Waals surface area contributed by atoms with E-state index in [1.54, 1.807) is 13.2 Å². The topological polar surface area (TPSA) is 49.8 Å². The van der Waals surface area contributed by atoms with Crippen LogP contribution in [0.25, 0.3) is 0 Å². The summed E-state index contributed by atoms with van der Waals surface area (Å²) < 4.78 is 5.10. The second-order valence-electron chi connectivity index (χ2n) is 4.54. The zero-order valence-electron chi connectivity index (χ0n) is 10.6. The molecule has 1 aromatic heterocycles. The lowest BCUT2D eigenvalue weighted by Gasteiger charge is -2.28. The predicted octanol–water partition coefficient (Wildman–Crippen LogP) is 2.13. The van der Waals surface area contributed by atoms with Crippen molar-refractivity contribution in [2.75, 3.05) is 20.3 Å². The number of carbonyl (C=O) groups excluding carboxylic acids is 1. The highest BCUT2D eigenvalue weighted by Crippen LogP contribution is 2.25. The Labute approximate surface area is 111 Å². The van der Waals surface area contributed by atoms with Crippen molar-refractivity contribution >= 4 is 17.2 Å². The summed E-state index contributed by atoms with van der Waals surface area (Å²) in [6.07, 6.45) is 4.13. The molecule has 4 nitrogen and oxygen atoms in total. The van der Waals surface area contributed by atoms with Gasteiger partial charge in [-0.05, 0) is 12.8 Å². The van der Waals surface area contributed by atoms with Crippen LogP contribution in [0.4, 0.5) is 0 Å². The third-order valence-corrected chi connectivity index (χ3v) is 4.27. The van der Waals surface area contributed by atoms with Gasteiger partial charge in [0.25, 0.3) is 5.91 Å². The molecule has 0 radical (unpaired) electrons. The van der Waals surface area contributed by atoms with Crippen LogP contribution in [0.1, 0.15) is 35.4 Å². The molecule has 2 heterocycles. The fraction of sp³-hybridized carbons (Fsp3) is 0.615. The maximum atomic E-state index is 12.4. The van der Waals surface area contributed by atoms with Gasteiger partial charge in [0, 0.05) is 18.0 Å². The number of amides is 1. The molecule has 1 aliphatic heterocycles. The van der Waals surface area contributed by atoms with E-state index in [-0.39, 0.29) is 18.6 Å². The average molecular weight is 269 g/mol. The first-order chi connectivity index (χ1) is 8.76. The largest absolute Gasteiger partial charge is 0.496 e. The van der Waals surface area contributed by atoms with Crippen LogP contribution in [-0.2, 0) is 0 Å². The number of methoxy groups -OCH3 is 1. The summed E-state index contributed by atoms with van der Waals surface area (Å²) in [6, 6.07) is 1.74. The van der Waals surface area contributed by atoms with Crippen molar-refractivity contribution in [3.63, 3.8) is 0 Å². The Morgan fingerprint density at radius 3 is 3.06 bits per heavy atom. The van der Waals surface area contributed by atoms with E-state index in [4.69, 9.17) is 4.74 Å². The number of nitrogens with zero attached hydrogens (tertiary/aromatic N) is 1. The molecule has 1 aromatic rings. The standard InChI is InChI=1S/C13H19NO3S/c1-17-11-7-12(18-9-11)13(16)14-6-4-2-3-5-10(14)8-15/h7,9-10,15H,2-6,8H2,1H3. The van der Waals surface area contributed by atoms with Crippen LogP contribution in [-0.4, -0.2) is 42.2 Å². The molecule has 0 saturated carbocycles. The summed E-state index contributed by atoms with van der Waals surface area (Å²) >= 11 is 1.40. The highest BCUT2D eigenvalue weighted by Gasteiger charge is 2.26. The fourth-order valence-electron chi connectivity index (χ4n) is 2.31. The molecule has 2 rings (SSSR count). The smallest absolute Gasteiger partial charge is 0.264 e. The Hall–Kier alpha value is -1.07. The van der Waals surface area contributed by atoms with E-state index in [9.17, 15) is 9.90 Å². The maximum Gasteiger partial charge on any atom is 0.264 e. The van der Waals surface area contributed by atoms with Gasteiger partial charge in [-0.15, -0.1) is 11.3 Å². The Balaban J connectivity index is 2.14. The highest BCUT2D eigenvalue weighted by atomic mass is 32.1. The van der Waals surface area contributed by atoms with Gasteiger partial charge in [0.05, 0.1) is 24.6 Å². The number of rotatable bonds is 3. The van der Waals surface area contributed by atoms with Gasteiger partial charge in [0.1, 0.15) is 5.75 Å². The lowest BCUT2D eigenvalue weighted by Crippen LogP contribution is -2.41. The molecule has 0 aliphatic carbocycles. The van der Waals surface area contributed by atoms with Crippen molar-refractivity contribution in [1.29, 1.82) is 0 Å². The van der Waals surface area contributed by atoms with Crippen LogP contribution in [0.3, 0.4) is 0 Å². The minimum atomic E-state index is -0.0342. The predicted molar refractivity (Wildman–Crippen MR) is 71.2 cm³/mol. The van der Waals surface area contributed by atoms with E-state index in [0.717, 1.165) is 38.0 Å². The number of ether oxygens (including phenoxy) is 1. The summed E-state index contributed by atoms with van der Waals surface area (Å²) in [7, 11) is 1.60. The first kappa shape index (κ1) is 13.4. The summed E-state index contributed by atoms with van der Waals surface area (Å²) in [5, 5.41) is 11.3. The molecule has 1 amide bonds. The lowest BCUT2D eigenvalue weighted by atomic mass is 10.1. The van der Waals surface area contributed by atoms with Gasteiger partial charge in [-0.2, -0.15) is 0 Å². The minimum Gasteiger partial charge on any atom is -0.496 e. The molecule has 0 aromatic carbocycles. The van der Waals surface area contributed by atoms with Crippen LogP contribution >= 0.6 is 11.3 Å². The minimum absolute atomic E-state index is 0.0178. The third-order valence-electron chi connectivity index (χ3n) is 3.37. The van der Waals surface area contributed by atoms with Gasteiger partial charge in [-0.25, -0.2) is 0 Å². The van der Waals surface area contributed by atoms with Gasteiger partial charge >= 0.3 is 0 Å². The second-order valence-corrected chi connectivity index (χ2v) is 5.45. The zero-order valence-corrected chi connectivity index (χ0v) is 11.4. The van der Waals surface area contributed by atoms with Gasteiger partial charge in [0.2, 0.25) is 0 Å². The van der Waals surface area contributed by atoms with E-state index in [1.165, 1.54) is 11.3 Å². The molecule has 5 heteroatoms. The van der Waals surface area contributed by atoms with Crippen molar-refractivity contribution in [3.8, 4) is 5.75 Å². The molecular formula is C13H19NO3S. The highest BCUT2D eigenvalue weighted by molar-refractivity contribution is 7.12. The molecule has 1 unspecified atom stereocenters. The SMILES string of the molecule is COc1csc(C(=O)N2CCCCCC2CO)c1. The number of likely N-dealkylation sites (tertiary alicyclic amines) is 1. The molecule has 0 spiro atoms. The Morgan fingerprint density at radius 1 is 1.56 bits per heavy atom. The van der Waals surface area contributed by atoms with Crippen molar-refractivity contribution in [1.82, 2.24) is 4.90 Å². The number of aliphatic hydroxyl groups is 1. The summed E-state index contributed by atoms with van der Waals surface area (Å²) in [4.78, 5) is 14.9. The van der Waals surface area contributed by atoms with E-state index in [1.807, 2.05) is 10.3 Å². The van der Waals surface area contributed by atoms with Crippen molar-refractivity contribution < 1.29 is 14.6 Å². The normalized spacial score (nSPS) is 20.6. The Morgan fingerprint density at radius 2 is 2.39 bits per heavy atom. The fourth-order valence-corrected chi connectivity index (χ4v) is 3.12. The molecule has 1 N–H and O–H groups in total. The van der Waals surface area contributed by atoms with Gasteiger partial charge in [-0.1, -0.05) is 12.8 Å². The number of thiophene rings is 1. The molecule has 1 aliphatic rings.